The third kappa shape index (κ3) is 10.5. The second kappa shape index (κ2) is 19.0. The number of nitrogens with one attached hydrogen (secondary N) is 2. The van der Waals surface area contributed by atoms with E-state index >= 15 is 0 Å². The summed E-state index contributed by atoms with van der Waals surface area (Å²) in [5, 5.41) is 25.4. The molecule has 280 valence electrons. The molecule has 6 N–H and O–H groups in total. The quantitative estimate of drug-likeness (QED) is 0.0640. The van der Waals surface area contributed by atoms with Gasteiger partial charge >= 0.3 is 0 Å². The summed E-state index contributed by atoms with van der Waals surface area (Å²) in [5.74, 6) is -0.0959. The maximum atomic E-state index is 12.7. The van der Waals surface area contributed by atoms with E-state index < -0.39 is 6.29 Å². The van der Waals surface area contributed by atoms with E-state index in [1.54, 1.807) is 12.1 Å². The van der Waals surface area contributed by atoms with Gasteiger partial charge in [-0.2, -0.15) is 0 Å². The number of unbranched alkanes of at least 4 members (excludes halogenated alkanes) is 2. The van der Waals surface area contributed by atoms with Crippen molar-refractivity contribution in [2.24, 2.45) is 0 Å². The molecule has 10 nitrogen and oxygen atoms in total. The average molecular weight is 721 g/mol. The summed E-state index contributed by atoms with van der Waals surface area (Å²) < 4.78 is 13.2. The van der Waals surface area contributed by atoms with E-state index in [4.69, 9.17) is 15.2 Å². The largest absolute Gasteiger partial charge is 0.397 e. The van der Waals surface area contributed by atoms with Crippen molar-refractivity contribution < 1.29 is 29.3 Å². The fourth-order valence-electron chi connectivity index (χ4n) is 7.27. The van der Waals surface area contributed by atoms with Crippen molar-refractivity contribution in [3.63, 3.8) is 0 Å². The van der Waals surface area contributed by atoms with Crippen LogP contribution in [0.4, 0.5) is 11.4 Å². The molecule has 10 heteroatoms. The highest BCUT2D eigenvalue weighted by Gasteiger charge is 2.35. The van der Waals surface area contributed by atoms with Crippen molar-refractivity contribution in [1.29, 1.82) is 0 Å². The van der Waals surface area contributed by atoms with E-state index in [2.05, 4.69) is 33.7 Å². The number of nitrogens with zero attached hydrogens (tertiary/aromatic N) is 1. The lowest BCUT2D eigenvalue weighted by Crippen LogP contribution is -2.42. The summed E-state index contributed by atoms with van der Waals surface area (Å²) in [6.45, 7) is 2.24. The molecule has 0 saturated carbocycles. The van der Waals surface area contributed by atoms with Gasteiger partial charge in [0.25, 0.3) is 0 Å². The van der Waals surface area contributed by atoms with Gasteiger partial charge in [0.05, 0.1) is 36.8 Å². The molecular weight excluding hydrogens is 668 g/mol. The number of para-hydroxylation sites is 2. The third-order valence-corrected chi connectivity index (χ3v) is 10.3. The molecule has 2 amide bonds. The van der Waals surface area contributed by atoms with Crippen LogP contribution in [-0.2, 0) is 32.2 Å². The van der Waals surface area contributed by atoms with Crippen LogP contribution in [0.3, 0.4) is 0 Å². The summed E-state index contributed by atoms with van der Waals surface area (Å²) in [6.07, 6.45) is 4.91. The molecule has 2 saturated heterocycles. The number of aliphatic hydroxyl groups excluding tert-OH is 2. The molecule has 2 aliphatic rings. The smallest absolute Gasteiger partial charge is 0.224 e. The molecule has 53 heavy (non-hydrogen) atoms. The molecule has 0 aliphatic carbocycles. The third-order valence-electron chi connectivity index (χ3n) is 10.3. The van der Waals surface area contributed by atoms with Crippen molar-refractivity contribution in [3.05, 3.63) is 119 Å². The number of anilines is 2. The first-order valence-electron chi connectivity index (χ1n) is 18.8. The number of rotatable bonds is 16. The molecule has 0 bridgehead atoms. The standard InChI is InChI=1S/C43H52N4O6/c44-38-12-6-7-13-39(38)46-42(51)15-3-1-2-14-41(50)45-26-34-9-4-5-11-37(34)31-20-22-33(23-21-31)43-52-36(27-47-24-8-10-35(47)29-49)25-40(53-43)32-18-16-30(28-48)17-19-32/h4-7,9,11-13,16-23,35-36,40,43,48-49H,1-3,8,10,14-15,24-29,44H2,(H,45,50)(H,46,51)/t35-,36-,40+,43+/m0/s1. The minimum absolute atomic E-state index is 0.00488. The minimum Gasteiger partial charge on any atom is -0.397 e. The first-order chi connectivity index (χ1) is 25.9. The Morgan fingerprint density at radius 1 is 0.811 bits per heavy atom. The second-order valence-corrected chi connectivity index (χ2v) is 14.1. The highest BCUT2D eigenvalue weighted by atomic mass is 16.7. The maximum Gasteiger partial charge on any atom is 0.224 e. The predicted octanol–water partition coefficient (Wildman–Crippen LogP) is 6.64. The number of carbonyl (C=O) groups is 2. The van der Waals surface area contributed by atoms with Gasteiger partial charge in [0.15, 0.2) is 6.29 Å². The van der Waals surface area contributed by atoms with Crippen LogP contribution in [0.2, 0.25) is 0 Å². The first-order valence-corrected chi connectivity index (χ1v) is 18.8. The second-order valence-electron chi connectivity index (χ2n) is 14.1. The number of ether oxygens (including phenoxy) is 2. The van der Waals surface area contributed by atoms with Crippen molar-refractivity contribution in [3.8, 4) is 11.1 Å². The fourth-order valence-corrected chi connectivity index (χ4v) is 7.27. The Kier molecular flexibility index (Phi) is 13.6. The lowest BCUT2D eigenvalue weighted by atomic mass is 9.97. The number of hydrogen-bond donors (Lipinski definition) is 5. The zero-order chi connectivity index (χ0) is 37.0. The highest BCUT2D eigenvalue weighted by molar-refractivity contribution is 5.93. The van der Waals surface area contributed by atoms with Crippen LogP contribution >= 0.6 is 0 Å². The highest BCUT2D eigenvalue weighted by Crippen LogP contribution is 2.39. The summed E-state index contributed by atoms with van der Waals surface area (Å²) in [5.41, 5.74) is 13.0. The molecule has 0 radical (unpaired) electrons. The van der Waals surface area contributed by atoms with Gasteiger partial charge in [-0.05, 0) is 72.2 Å². The van der Waals surface area contributed by atoms with Crippen LogP contribution in [-0.4, -0.2) is 58.8 Å². The first kappa shape index (κ1) is 38.2. The number of hydrogen-bond acceptors (Lipinski definition) is 8. The van der Waals surface area contributed by atoms with Crippen molar-refractivity contribution in [2.75, 3.05) is 30.7 Å². The number of amides is 2. The van der Waals surface area contributed by atoms with E-state index in [9.17, 15) is 19.8 Å². The van der Waals surface area contributed by atoms with Crippen molar-refractivity contribution >= 4 is 23.2 Å². The summed E-state index contributed by atoms with van der Waals surface area (Å²) >= 11 is 0. The van der Waals surface area contributed by atoms with Crippen LogP contribution in [0.5, 0.6) is 0 Å². The monoisotopic (exact) mass is 720 g/mol. The number of aliphatic hydroxyl groups is 2. The summed E-state index contributed by atoms with van der Waals surface area (Å²) in [6, 6.07) is 31.6. The van der Waals surface area contributed by atoms with E-state index in [0.717, 1.165) is 65.7 Å². The van der Waals surface area contributed by atoms with Crippen molar-refractivity contribution in [2.45, 2.75) is 89.1 Å². The van der Waals surface area contributed by atoms with Gasteiger partial charge in [0.2, 0.25) is 11.8 Å². The molecule has 2 heterocycles. The molecule has 0 unspecified atom stereocenters. The van der Waals surface area contributed by atoms with E-state index in [-0.39, 0.29) is 43.3 Å². The van der Waals surface area contributed by atoms with Gasteiger partial charge in [-0.1, -0.05) is 91.3 Å². The van der Waals surface area contributed by atoms with Gasteiger partial charge in [0.1, 0.15) is 0 Å². The number of likely N-dealkylation sites (tertiary alicyclic amines) is 1. The van der Waals surface area contributed by atoms with Crippen molar-refractivity contribution in [1.82, 2.24) is 10.2 Å². The van der Waals surface area contributed by atoms with Crippen LogP contribution < -0.4 is 16.4 Å². The van der Waals surface area contributed by atoms with Crippen LogP contribution in [0, 0.1) is 0 Å². The van der Waals surface area contributed by atoms with Crippen LogP contribution in [0.25, 0.3) is 11.1 Å². The van der Waals surface area contributed by atoms with Gasteiger partial charge in [0, 0.05) is 44.0 Å². The Bertz CT molecular complexity index is 1780. The molecule has 6 rings (SSSR count). The summed E-state index contributed by atoms with van der Waals surface area (Å²) in [4.78, 5) is 27.3. The molecule has 4 atom stereocenters. The Balaban J connectivity index is 1.03. The molecule has 2 aliphatic heterocycles. The Labute approximate surface area is 312 Å². The molecule has 0 spiro atoms. The van der Waals surface area contributed by atoms with Crippen LogP contribution in [0.1, 0.15) is 86.0 Å². The van der Waals surface area contributed by atoms with E-state index in [1.807, 2.05) is 66.7 Å². The zero-order valence-electron chi connectivity index (χ0n) is 30.3. The van der Waals surface area contributed by atoms with E-state index in [0.29, 0.717) is 50.0 Å². The molecule has 2 fully saturated rings. The molecular formula is C43H52N4O6. The van der Waals surface area contributed by atoms with E-state index in [1.165, 1.54) is 0 Å². The zero-order valence-corrected chi connectivity index (χ0v) is 30.3. The minimum atomic E-state index is -0.563. The number of carbonyl (C=O) groups excluding carboxylic acids is 2. The lowest BCUT2D eigenvalue weighted by molar-refractivity contribution is -0.253. The predicted molar refractivity (Wildman–Crippen MR) is 206 cm³/mol. The normalized spacial score (nSPS) is 20.3. The van der Waals surface area contributed by atoms with Gasteiger partial charge < -0.3 is 36.1 Å². The average Bonchev–Trinajstić information content (AvgIpc) is 3.65. The number of nitrogen functional groups attached to an aromatic ring is 1. The Morgan fingerprint density at radius 3 is 2.28 bits per heavy atom. The van der Waals surface area contributed by atoms with Gasteiger partial charge in [-0.25, -0.2) is 0 Å². The van der Waals surface area contributed by atoms with Gasteiger partial charge in [-0.15, -0.1) is 0 Å². The maximum absolute atomic E-state index is 12.7. The molecule has 4 aromatic carbocycles. The summed E-state index contributed by atoms with van der Waals surface area (Å²) in [7, 11) is 0. The topological polar surface area (TPSA) is 146 Å². The number of benzene rings is 4. The number of nitrogens with two attached hydrogens (primary N) is 1. The Hall–Kier alpha value is -4.58. The SMILES string of the molecule is Nc1ccccc1NC(=O)CCCCCC(=O)NCc1ccccc1-c1ccc([C@@H]2O[C@H](CN3CCC[C@H]3CO)C[C@H](c3ccc(CO)cc3)O2)cc1. The fraction of sp³-hybridized carbons (Fsp3) is 0.395. The molecule has 4 aromatic rings. The Morgan fingerprint density at radius 2 is 1.53 bits per heavy atom. The lowest BCUT2D eigenvalue weighted by Gasteiger charge is -2.38. The van der Waals surface area contributed by atoms with Gasteiger partial charge in [-0.3, -0.25) is 14.5 Å². The molecule has 0 aromatic heterocycles. The van der Waals surface area contributed by atoms with Crippen LogP contribution in [0.15, 0.2) is 97.1 Å².